The van der Waals surface area contributed by atoms with E-state index in [1.807, 2.05) is 0 Å². The molecule has 3 atom stereocenters. The molecule has 0 radical (unpaired) electrons. The van der Waals surface area contributed by atoms with Crippen LogP contribution in [0.5, 0.6) is 0 Å². The van der Waals surface area contributed by atoms with E-state index < -0.39 is 0 Å². The van der Waals surface area contributed by atoms with E-state index in [2.05, 4.69) is 36.6 Å². The summed E-state index contributed by atoms with van der Waals surface area (Å²) < 4.78 is 6.00. The van der Waals surface area contributed by atoms with Crippen molar-refractivity contribution in [1.29, 1.82) is 0 Å². The Labute approximate surface area is 110 Å². The largest absolute Gasteiger partial charge is 0.485 e. The lowest BCUT2D eigenvalue weighted by Gasteiger charge is -2.38. The highest BCUT2D eigenvalue weighted by molar-refractivity contribution is 5.30. The van der Waals surface area contributed by atoms with Crippen molar-refractivity contribution >= 4 is 0 Å². The number of hydrogen-bond acceptors (Lipinski definition) is 3. The summed E-state index contributed by atoms with van der Waals surface area (Å²) >= 11 is 0. The maximum absolute atomic E-state index is 6.00. The number of rotatable bonds is 1. The Kier molecular flexibility index (Phi) is 3.20. The lowest BCUT2D eigenvalue weighted by molar-refractivity contribution is 0.0381. The summed E-state index contributed by atoms with van der Waals surface area (Å²) in [6.45, 7) is 6.40. The van der Waals surface area contributed by atoms with Crippen molar-refractivity contribution < 1.29 is 4.74 Å². The molecule has 18 heavy (non-hydrogen) atoms. The van der Waals surface area contributed by atoms with Crippen molar-refractivity contribution in [2.24, 2.45) is 0 Å². The minimum absolute atomic E-state index is 0.280. The second-order valence-electron chi connectivity index (χ2n) is 6.10. The van der Waals surface area contributed by atoms with Crippen molar-refractivity contribution in [1.82, 2.24) is 9.80 Å². The molecule has 0 aromatic heterocycles. The van der Waals surface area contributed by atoms with Crippen LogP contribution in [0.3, 0.4) is 0 Å². The molecule has 100 valence electrons. The Morgan fingerprint density at radius 3 is 3.00 bits per heavy atom. The fourth-order valence-electron chi connectivity index (χ4n) is 3.60. The summed E-state index contributed by atoms with van der Waals surface area (Å²) in [5, 5.41) is 0. The van der Waals surface area contributed by atoms with Gasteiger partial charge < -0.3 is 9.64 Å². The summed E-state index contributed by atoms with van der Waals surface area (Å²) in [6, 6.07) is 1.19. The average Bonchev–Trinajstić information content (AvgIpc) is 2.62. The van der Waals surface area contributed by atoms with Gasteiger partial charge in [-0.1, -0.05) is 13.0 Å². The van der Waals surface area contributed by atoms with E-state index >= 15 is 0 Å². The van der Waals surface area contributed by atoms with Crippen LogP contribution in [0.15, 0.2) is 24.0 Å². The normalized spacial score (nSPS) is 36.7. The minimum Gasteiger partial charge on any atom is -0.485 e. The molecule has 0 bridgehead atoms. The third-order valence-corrected chi connectivity index (χ3v) is 4.65. The molecular formula is C15H24N2O. The first kappa shape index (κ1) is 12.2. The van der Waals surface area contributed by atoms with E-state index in [1.165, 1.54) is 37.9 Å². The summed E-state index contributed by atoms with van der Waals surface area (Å²) in [6.07, 6.45) is 7.54. The number of likely N-dealkylation sites (N-methyl/N-ethyl adjacent to an activating group) is 1. The lowest BCUT2D eigenvalue weighted by Crippen LogP contribution is -2.48. The first-order valence-corrected chi connectivity index (χ1v) is 7.11. The number of hydrogen-bond donors (Lipinski definition) is 0. The van der Waals surface area contributed by atoms with Gasteiger partial charge in [0, 0.05) is 12.6 Å². The molecule has 0 spiro atoms. The molecule has 0 aromatic rings. The third kappa shape index (κ3) is 2.10. The van der Waals surface area contributed by atoms with Crippen LogP contribution in [0, 0.1) is 0 Å². The van der Waals surface area contributed by atoms with Crippen LogP contribution in [0.1, 0.15) is 25.7 Å². The Balaban J connectivity index is 1.89. The van der Waals surface area contributed by atoms with E-state index in [0.29, 0.717) is 12.1 Å². The van der Waals surface area contributed by atoms with Gasteiger partial charge in [0.1, 0.15) is 11.9 Å². The fraction of sp³-hybridized carbons (Fsp3) is 0.733. The van der Waals surface area contributed by atoms with Gasteiger partial charge in [-0.25, -0.2) is 0 Å². The molecule has 3 aliphatic rings. The van der Waals surface area contributed by atoms with Crippen LogP contribution >= 0.6 is 0 Å². The summed E-state index contributed by atoms with van der Waals surface area (Å²) in [4.78, 5) is 5.01. The van der Waals surface area contributed by atoms with Gasteiger partial charge in [-0.15, -0.1) is 0 Å². The Bertz CT molecular complexity index is 375. The van der Waals surface area contributed by atoms with Crippen LogP contribution in [0.2, 0.25) is 0 Å². The predicted molar refractivity (Wildman–Crippen MR) is 73.4 cm³/mol. The maximum atomic E-state index is 6.00. The topological polar surface area (TPSA) is 15.7 Å². The average molecular weight is 248 g/mol. The van der Waals surface area contributed by atoms with E-state index in [-0.39, 0.29) is 6.10 Å². The van der Waals surface area contributed by atoms with Crippen molar-refractivity contribution in [2.45, 2.75) is 43.9 Å². The zero-order chi connectivity index (χ0) is 12.7. The van der Waals surface area contributed by atoms with Gasteiger partial charge in [-0.3, -0.25) is 4.90 Å². The second-order valence-corrected chi connectivity index (χ2v) is 6.10. The maximum Gasteiger partial charge on any atom is 0.136 e. The number of nitrogens with zero attached hydrogens (tertiary/aromatic N) is 2. The first-order valence-electron chi connectivity index (χ1n) is 7.11. The highest BCUT2D eigenvalue weighted by atomic mass is 16.5. The van der Waals surface area contributed by atoms with E-state index in [9.17, 15) is 0 Å². The van der Waals surface area contributed by atoms with Gasteiger partial charge in [-0.05, 0) is 51.6 Å². The van der Waals surface area contributed by atoms with Gasteiger partial charge in [-0.2, -0.15) is 0 Å². The van der Waals surface area contributed by atoms with Gasteiger partial charge in [0.15, 0.2) is 0 Å². The molecule has 3 aliphatic heterocycles. The third-order valence-electron chi connectivity index (χ3n) is 4.65. The highest BCUT2D eigenvalue weighted by Gasteiger charge is 2.41. The molecule has 2 saturated heterocycles. The zero-order valence-corrected chi connectivity index (χ0v) is 11.6. The molecule has 3 heterocycles. The summed E-state index contributed by atoms with van der Waals surface area (Å²) in [7, 11) is 4.38. The van der Waals surface area contributed by atoms with Gasteiger partial charge in [0.05, 0.1) is 6.04 Å². The Morgan fingerprint density at radius 2 is 2.22 bits per heavy atom. The number of piperidine rings is 1. The van der Waals surface area contributed by atoms with E-state index in [4.69, 9.17) is 4.74 Å². The molecule has 3 rings (SSSR count). The molecule has 0 aliphatic carbocycles. The Hall–Kier alpha value is -0.800. The van der Waals surface area contributed by atoms with Gasteiger partial charge in [0.2, 0.25) is 0 Å². The predicted octanol–water partition coefficient (Wildman–Crippen LogP) is 2.01. The number of ether oxygens (including phenoxy) is 1. The quantitative estimate of drug-likeness (QED) is 0.706. The molecule has 0 aromatic carbocycles. The number of fused-ring (bicyclic) bond motifs is 3. The van der Waals surface area contributed by atoms with Crippen LogP contribution < -0.4 is 0 Å². The number of allylic oxidation sites excluding steroid dienone is 1. The lowest BCUT2D eigenvalue weighted by atomic mass is 9.94. The van der Waals surface area contributed by atoms with E-state index in [1.54, 1.807) is 0 Å². The smallest absolute Gasteiger partial charge is 0.136 e. The van der Waals surface area contributed by atoms with Crippen molar-refractivity contribution in [3.63, 3.8) is 0 Å². The monoisotopic (exact) mass is 248 g/mol. The molecular weight excluding hydrogens is 224 g/mol. The molecule has 3 heteroatoms. The van der Waals surface area contributed by atoms with Crippen LogP contribution in [0.25, 0.3) is 0 Å². The van der Waals surface area contributed by atoms with Crippen LogP contribution in [0.4, 0.5) is 0 Å². The molecule has 3 nitrogen and oxygen atoms in total. The van der Waals surface area contributed by atoms with Crippen LogP contribution in [-0.2, 0) is 4.74 Å². The SMILES string of the molecule is C=C1C=C2C[C@H](N(C)C)CN3CCCC[C@@H]3C2O1. The second kappa shape index (κ2) is 4.71. The molecule has 2 fully saturated rings. The molecule has 1 unspecified atom stereocenters. The standard InChI is InChI=1S/C15H24N2O/c1-11-8-12-9-13(16(2)3)10-17-7-5-4-6-14(17)15(12)18-11/h8,13-15H,1,4-7,9-10H2,2-3H3/t13-,14+,15?/m0/s1. The zero-order valence-electron chi connectivity index (χ0n) is 11.6. The van der Waals surface area contributed by atoms with Gasteiger partial charge in [0.25, 0.3) is 0 Å². The van der Waals surface area contributed by atoms with Crippen molar-refractivity contribution in [3.8, 4) is 0 Å². The van der Waals surface area contributed by atoms with E-state index in [0.717, 1.165) is 12.2 Å². The highest BCUT2D eigenvalue weighted by Crippen LogP contribution is 2.36. The summed E-state index contributed by atoms with van der Waals surface area (Å²) in [5.74, 6) is 0.861. The van der Waals surface area contributed by atoms with Crippen molar-refractivity contribution in [3.05, 3.63) is 24.0 Å². The summed E-state index contributed by atoms with van der Waals surface area (Å²) in [5.41, 5.74) is 1.47. The first-order chi connectivity index (χ1) is 8.65. The Morgan fingerprint density at radius 1 is 1.39 bits per heavy atom. The van der Waals surface area contributed by atoms with Gasteiger partial charge >= 0.3 is 0 Å². The molecule has 0 amide bonds. The minimum atomic E-state index is 0.280. The van der Waals surface area contributed by atoms with Crippen molar-refractivity contribution in [2.75, 3.05) is 27.2 Å². The fourth-order valence-corrected chi connectivity index (χ4v) is 3.60. The van der Waals surface area contributed by atoms with Crippen LogP contribution in [-0.4, -0.2) is 55.2 Å². The molecule has 0 saturated carbocycles. The molecule has 0 N–H and O–H groups in total.